The highest BCUT2D eigenvalue weighted by Crippen LogP contribution is 2.16. The molecule has 4 heteroatoms. The van der Waals surface area contributed by atoms with Crippen molar-refractivity contribution in [3.63, 3.8) is 0 Å². The van der Waals surface area contributed by atoms with Crippen LogP contribution in [0.5, 0.6) is 5.88 Å². The fraction of sp³-hybridized carbons (Fsp3) is 0.500. The van der Waals surface area contributed by atoms with Crippen molar-refractivity contribution in [2.45, 2.75) is 33.3 Å². The Morgan fingerprint density at radius 3 is 2.88 bits per heavy atom. The summed E-state index contributed by atoms with van der Waals surface area (Å²) in [4.78, 5) is 15.4. The number of hydrogen-bond acceptors (Lipinski definition) is 4. The minimum absolute atomic E-state index is 0.0378. The van der Waals surface area contributed by atoms with Gasteiger partial charge in [0.2, 0.25) is 5.88 Å². The third-order valence-corrected chi connectivity index (χ3v) is 1.84. The van der Waals surface area contributed by atoms with E-state index in [2.05, 4.69) is 4.98 Å². The maximum atomic E-state index is 11.3. The van der Waals surface area contributed by atoms with Gasteiger partial charge in [0.15, 0.2) is 0 Å². The Bertz CT molecular complexity index is 350. The molecule has 1 aromatic heterocycles. The standard InChI is InChI=1S/C12H17NO3/c1-4-15-11(14)8-10-6-5-7-13-12(10)16-9(2)3/h5-7,9H,4,8H2,1-3H3. The Labute approximate surface area is 95.6 Å². The van der Waals surface area contributed by atoms with Gasteiger partial charge in [0, 0.05) is 11.8 Å². The van der Waals surface area contributed by atoms with Gasteiger partial charge in [0.1, 0.15) is 0 Å². The van der Waals surface area contributed by atoms with E-state index in [9.17, 15) is 4.79 Å². The van der Waals surface area contributed by atoms with Crippen LogP contribution in [0.4, 0.5) is 0 Å². The largest absolute Gasteiger partial charge is 0.475 e. The van der Waals surface area contributed by atoms with Crippen molar-refractivity contribution < 1.29 is 14.3 Å². The molecule has 88 valence electrons. The predicted octanol–water partition coefficient (Wildman–Crippen LogP) is 1.97. The molecular weight excluding hydrogens is 206 g/mol. The Hall–Kier alpha value is -1.58. The summed E-state index contributed by atoms with van der Waals surface area (Å²) in [5.74, 6) is 0.245. The normalized spacial score (nSPS) is 10.2. The van der Waals surface area contributed by atoms with Crippen LogP contribution < -0.4 is 4.74 Å². The predicted molar refractivity (Wildman–Crippen MR) is 60.3 cm³/mol. The molecule has 4 nitrogen and oxygen atoms in total. The van der Waals surface area contributed by atoms with Gasteiger partial charge in [-0.2, -0.15) is 0 Å². The van der Waals surface area contributed by atoms with Crippen LogP contribution in [0, 0.1) is 0 Å². The summed E-state index contributed by atoms with van der Waals surface area (Å²) >= 11 is 0. The van der Waals surface area contributed by atoms with Gasteiger partial charge in [-0.05, 0) is 26.8 Å². The quantitative estimate of drug-likeness (QED) is 0.716. The number of nitrogens with zero attached hydrogens (tertiary/aromatic N) is 1. The second kappa shape index (κ2) is 6.10. The topological polar surface area (TPSA) is 48.4 Å². The average Bonchev–Trinajstić information content (AvgIpc) is 2.20. The molecule has 1 rings (SSSR count). The van der Waals surface area contributed by atoms with Crippen molar-refractivity contribution in [1.82, 2.24) is 4.98 Å². The number of rotatable bonds is 5. The summed E-state index contributed by atoms with van der Waals surface area (Å²) in [6, 6.07) is 3.60. The van der Waals surface area contributed by atoms with Crippen molar-refractivity contribution >= 4 is 5.97 Å². The fourth-order valence-corrected chi connectivity index (χ4v) is 1.26. The molecule has 0 aromatic carbocycles. The minimum atomic E-state index is -0.260. The molecule has 0 N–H and O–H groups in total. The lowest BCUT2D eigenvalue weighted by Gasteiger charge is -2.12. The van der Waals surface area contributed by atoms with E-state index in [1.54, 1.807) is 19.2 Å². The number of aromatic nitrogens is 1. The van der Waals surface area contributed by atoms with Crippen molar-refractivity contribution in [2.75, 3.05) is 6.61 Å². The second-order valence-electron chi connectivity index (χ2n) is 3.62. The highest BCUT2D eigenvalue weighted by molar-refractivity contribution is 5.73. The smallest absolute Gasteiger partial charge is 0.310 e. The van der Waals surface area contributed by atoms with E-state index < -0.39 is 0 Å². The summed E-state index contributed by atoms with van der Waals surface area (Å²) < 4.78 is 10.4. The minimum Gasteiger partial charge on any atom is -0.475 e. The SMILES string of the molecule is CCOC(=O)Cc1cccnc1OC(C)C. The number of ether oxygens (including phenoxy) is 2. The van der Waals surface area contributed by atoms with E-state index in [4.69, 9.17) is 9.47 Å². The van der Waals surface area contributed by atoms with Crippen LogP contribution in [-0.2, 0) is 16.0 Å². The third-order valence-electron chi connectivity index (χ3n) is 1.84. The van der Waals surface area contributed by atoms with E-state index in [0.29, 0.717) is 12.5 Å². The molecule has 0 saturated carbocycles. The molecule has 16 heavy (non-hydrogen) atoms. The second-order valence-corrected chi connectivity index (χ2v) is 3.62. The summed E-state index contributed by atoms with van der Waals surface area (Å²) in [6.45, 7) is 6.01. The highest BCUT2D eigenvalue weighted by atomic mass is 16.5. The van der Waals surface area contributed by atoms with Crippen molar-refractivity contribution in [3.8, 4) is 5.88 Å². The maximum absolute atomic E-state index is 11.3. The van der Waals surface area contributed by atoms with Crippen LogP contribution in [0.1, 0.15) is 26.3 Å². The van der Waals surface area contributed by atoms with Gasteiger partial charge in [-0.15, -0.1) is 0 Å². The Morgan fingerprint density at radius 1 is 1.50 bits per heavy atom. The molecule has 0 fully saturated rings. The zero-order chi connectivity index (χ0) is 12.0. The van der Waals surface area contributed by atoms with Crippen LogP contribution in [-0.4, -0.2) is 23.7 Å². The summed E-state index contributed by atoms with van der Waals surface area (Å²) in [5, 5.41) is 0. The molecule has 0 spiro atoms. The number of esters is 1. The molecule has 0 saturated heterocycles. The molecule has 0 amide bonds. The van der Waals surface area contributed by atoms with Crippen LogP contribution in [0.25, 0.3) is 0 Å². The molecule has 0 aliphatic rings. The van der Waals surface area contributed by atoms with Crippen LogP contribution in [0.2, 0.25) is 0 Å². The van der Waals surface area contributed by atoms with Crippen molar-refractivity contribution in [1.29, 1.82) is 0 Å². The van der Waals surface area contributed by atoms with Gasteiger partial charge in [-0.25, -0.2) is 4.98 Å². The van der Waals surface area contributed by atoms with E-state index in [1.807, 2.05) is 19.9 Å². The summed E-state index contributed by atoms with van der Waals surface area (Å²) in [6.07, 6.45) is 1.88. The number of pyridine rings is 1. The molecule has 0 aliphatic heterocycles. The molecule has 0 radical (unpaired) electrons. The summed E-state index contributed by atoms with van der Waals surface area (Å²) in [7, 11) is 0. The van der Waals surface area contributed by atoms with Gasteiger partial charge in [-0.3, -0.25) is 4.79 Å². The number of hydrogen-bond donors (Lipinski definition) is 0. The van der Waals surface area contributed by atoms with Gasteiger partial charge in [0.25, 0.3) is 0 Å². The molecule has 1 aromatic rings. The third kappa shape index (κ3) is 3.88. The van der Waals surface area contributed by atoms with Gasteiger partial charge in [-0.1, -0.05) is 6.07 Å². The zero-order valence-corrected chi connectivity index (χ0v) is 9.90. The van der Waals surface area contributed by atoms with Gasteiger partial charge in [0.05, 0.1) is 19.1 Å². The van der Waals surface area contributed by atoms with Crippen molar-refractivity contribution in [2.24, 2.45) is 0 Å². The number of carbonyl (C=O) groups excluding carboxylic acids is 1. The van der Waals surface area contributed by atoms with E-state index in [-0.39, 0.29) is 18.5 Å². The molecule has 0 aliphatic carbocycles. The molecule has 0 atom stereocenters. The molecule has 0 bridgehead atoms. The zero-order valence-electron chi connectivity index (χ0n) is 9.90. The van der Waals surface area contributed by atoms with Crippen molar-refractivity contribution in [3.05, 3.63) is 23.9 Å². The van der Waals surface area contributed by atoms with Gasteiger partial charge >= 0.3 is 5.97 Å². The monoisotopic (exact) mass is 223 g/mol. The lowest BCUT2D eigenvalue weighted by Crippen LogP contribution is -2.12. The maximum Gasteiger partial charge on any atom is 0.310 e. The average molecular weight is 223 g/mol. The van der Waals surface area contributed by atoms with E-state index in [0.717, 1.165) is 5.56 Å². The Kier molecular flexibility index (Phi) is 4.76. The lowest BCUT2D eigenvalue weighted by atomic mass is 10.2. The number of carbonyl (C=O) groups is 1. The molecule has 0 unspecified atom stereocenters. The van der Waals surface area contributed by atoms with Gasteiger partial charge < -0.3 is 9.47 Å². The Morgan fingerprint density at radius 2 is 2.25 bits per heavy atom. The molecular formula is C12H17NO3. The summed E-state index contributed by atoms with van der Waals surface area (Å²) in [5.41, 5.74) is 0.759. The van der Waals surface area contributed by atoms with E-state index in [1.165, 1.54) is 0 Å². The Balaban J connectivity index is 2.74. The van der Waals surface area contributed by atoms with E-state index >= 15 is 0 Å². The first-order valence-corrected chi connectivity index (χ1v) is 5.39. The first-order chi connectivity index (χ1) is 7.63. The lowest BCUT2D eigenvalue weighted by molar-refractivity contribution is -0.142. The van der Waals surface area contributed by atoms with Crippen LogP contribution in [0.15, 0.2) is 18.3 Å². The van der Waals surface area contributed by atoms with Crippen LogP contribution in [0.3, 0.4) is 0 Å². The van der Waals surface area contributed by atoms with Crippen LogP contribution >= 0.6 is 0 Å². The fourth-order valence-electron chi connectivity index (χ4n) is 1.26. The molecule has 1 heterocycles. The first-order valence-electron chi connectivity index (χ1n) is 5.39. The first kappa shape index (κ1) is 12.5. The highest BCUT2D eigenvalue weighted by Gasteiger charge is 2.11.